The molecule has 1 fully saturated rings. The molecule has 0 bridgehead atoms. The van der Waals surface area contributed by atoms with E-state index in [4.69, 9.17) is 4.74 Å². The maximum absolute atomic E-state index is 12.1. The number of carbonyl (C=O) groups excluding carboxylic acids is 1. The Hall–Kier alpha value is -1.59. The van der Waals surface area contributed by atoms with Crippen molar-refractivity contribution in [3.8, 4) is 0 Å². The van der Waals surface area contributed by atoms with Crippen LogP contribution in [0.1, 0.15) is 28.8 Å². The summed E-state index contributed by atoms with van der Waals surface area (Å²) in [5.74, 6) is -0.138. The Balaban J connectivity index is 1.61. The number of hydrogen-bond acceptors (Lipinski definition) is 4. The molecule has 0 aromatic heterocycles. The number of benzene rings is 1. The van der Waals surface area contributed by atoms with Crippen LogP contribution in [-0.4, -0.2) is 42.9 Å². The monoisotopic (exact) mass is 276 g/mol. The van der Waals surface area contributed by atoms with Crippen molar-refractivity contribution in [2.75, 3.05) is 31.6 Å². The molecule has 0 aliphatic carbocycles. The van der Waals surface area contributed by atoms with E-state index >= 15 is 0 Å². The highest BCUT2D eigenvalue weighted by molar-refractivity contribution is 5.95. The first-order valence-electron chi connectivity index (χ1n) is 7.11. The lowest BCUT2D eigenvalue weighted by atomic mass is 9.94. The Morgan fingerprint density at radius 3 is 3.00 bits per heavy atom. The van der Waals surface area contributed by atoms with Crippen molar-refractivity contribution in [2.24, 2.45) is 0 Å². The number of aliphatic hydroxyl groups is 1. The van der Waals surface area contributed by atoms with Gasteiger partial charge in [0.25, 0.3) is 5.91 Å². The molecule has 2 aliphatic heterocycles. The first-order valence-corrected chi connectivity index (χ1v) is 7.11. The van der Waals surface area contributed by atoms with Gasteiger partial charge in [0.15, 0.2) is 0 Å². The lowest BCUT2D eigenvalue weighted by molar-refractivity contribution is -0.0605. The van der Waals surface area contributed by atoms with Gasteiger partial charge < -0.3 is 20.5 Å². The van der Waals surface area contributed by atoms with E-state index in [1.807, 2.05) is 18.2 Å². The molecule has 0 unspecified atom stereocenters. The predicted octanol–water partition coefficient (Wildman–Crippen LogP) is 0.926. The molecule has 108 valence electrons. The molecule has 1 saturated heterocycles. The number of fused-ring (bicyclic) bond motifs is 1. The minimum atomic E-state index is -0.830. The molecule has 20 heavy (non-hydrogen) atoms. The molecule has 1 aromatic carbocycles. The maximum Gasteiger partial charge on any atom is 0.251 e. The Bertz CT molecular complexity index is 510. The number of amides is 1. The summed E-state index contributed by atoms with van der Waals surface area (Å²) in [5.41, 5.74) is 2.10. The van der Waals surface area contributed by atoms with Gasteiger partial charge in [0.2, 0.25) is 0 Å². The zero-order valence-corrected chi connectivity index (χ0v) is 11.4. The number of carbonyl (C=O) groups is 1. The second-order valence-electron chi connectivity index (χ2n) is 5.57. The molecule has 2 heterocycles. The van der Waals surface area contributed by atoms with E-state index in [-0.39, 0.29) is 12.5 Å². The fourth-order valence-corrected chi connectivity index (χ4v) is 2.71. The van der Waals surface area contributed by atoms with Gasteiger partial charge in [-0.05, 0) is 24.1 Å². The van der Waals surface area contributed by atoms with Crippen LogP contribution < -0.4 is 10.6 Å². The molecule has 2 aliphatic rings. The van der Waals surface area contributed by atoms with Gasteiger partial charge in [-0.1, -0.05) is 6.07 Å². The Morgan fingerprint density at radius 1 is 1.40 bits per heavy atom. The predicted molar refractivity (Wildman–Crippen MR) is 76.0 cm³/mol. The second kappa shape index (κ2) is 5.42. The third-order valence-electron chi connectivity index (χ3n) is 4.08. The van der Waals surface area contributed by atoms with Gasteiger partial charge in [0, 0.05) is 50.4 Å². The van der Waals surface area contributed by atoms with Gasteiger partial charge in [-0.3, -0.25) is 4.79 Å². The van der Waals surface area contributed by atoms with E-state index in [1.54, 1.807) is 0 Å². The summed E-state index contributed by atoms with van der Waals surface area (Å²) in [7, 11) is 0. The molecule has 0 saturated carbocycles. The van der Waals surface area contributed by atoms with E-state index in [1.165, 1.54) is 5.56 Å². The van der Waals surface area contributed by atoms with Crippen molar-refractivity contribution >= 4 is 11.6 Å². The zero-order chi connectivity index (χ0) is 14.0. The van der Waals surface area contributed by atoms with Crippen molar-refractivity contribution < 1.29 is 14.6 Å². The Morgan fingerprint density at radius 2 is 2.20 bits per heavy atom. The summed E-state index contributed by atoms with van der Waals surface area (Å²) >= 11 is 0. The van der Waals surface area contributed by atoms with Gasteiger partial charge in [-0.2, -0.15) is 0 Å². The Labute approximate surface area is 118 Å². The summed E-state index contributed by atoms with van der Waals surface area (Å²) in [6, 6.07) is 5.72. The normalized spacial score (nSPS) is 20.1. The highest BCUT2D eigenvalue weighted by atomic mass is 16.5. The maximum atomic E-state index is 12.1. The van der Waals surface area contributed by atoms with Crippen molar-refractivity contribution in [1.82, 2.24) is 5.32 Å². The van der Waals surface area contributed by atoms with Gasteiger partial charge in [-0.15, -0.1) is 0 Å². The van der Waals surface area contributed by atoms with E-state index in [0.29, 0.717) is 31.6 Å². The molecule has 5 heteroatoms. The van der Waals surface area contributed by atoms with E-state index in [9.17, 15) is 9.90 Å². The Kier molecular flexibility index (Phi) is 3.63. The van der Waals surface area contributed by atoms with Crippen LogP contribution in [0.5, 0.6) is 0 Å². The highest BCUT2D eigenvalue weighted by Crippen LogP contribution is 2.23. The van der Waals surface area contributed by atoms with Crippen molar-refractivity contribution in [3.05, 3.63) is 29.3 Å². The van der Waals surface area contributed by atoms with Crippen LogP contribution in [0.15, 0.2) is 18.2 Å². The summed E-state index contributed by atoms with van der Waals surface area (Å²) < 4.78 is 5.23. The lowest BCUT2D eigenvalue weighted by Crippen LogP contribution is -2.46. The van der Waals surface area contributed by atoms with Gasteiger partial charge >= 0.3 is 0 Å². The first-order chi connectivity index (χ1) is 9.66. The zero-order valence-electron chi connectivity index (χ0n) is 11.4. The average molecular weight is 276 g/mol. The van der Waals surface area contributed by atoms with Crippen LogP contribution in [0.4, 0.5) is 5.69 Å². The summed E-state index contributed by atoms with van der Waals surface area (Å²) in [6.45, 7) is 2.31. The standard InChI is InChI=1S/C15H20N2O3/c18-14(17-10-15(19)4-7-20-8-5-15)12-2-1-11-3-6-16-13(11)9-12/h1-2,9,16,19H,3-8,10H2,(H,17,18). The van der Waals surface area contributed by atoms with Crippen molar-refractivity contribution in [1.29, 1.82) is 0 Å². The highest BCUT2D eigenvalue weighted by Gasteiger charge is 2.30. The fourth-order valence-electron chi connectivity index (χ4n) is 2.71. The molecule has 5 nitrogen and oxygen atoms in total. The number of ether oxygens (including phenoxy) is 1. The summed E-state index contributed by atoms with van der Waals surface area (Å²) in [4.78, 5) is 12.1. The van der Waals surface area contributed by atoms with Crippen LogP contribution in [0.3, 0.4) is 0 Å². The third-order valence-corrected chi connectivity index (χ3v) is 4.08. The topological polar surface area (TPSA) is 70.6 Å². The quantitative estimate of drug-likeness (QED) is 0.768. The SMILES string of the molecule is O=C(NCC1(O)CCOCC1)c1ccc2c(c1)NCC2. The molecular formula is C15H20N2O3. The van der Waals surface area contributed by atoms with E-state index in [0.717, 1.165) is 18.7 Å². The van der Waals surface area contributed by atoms with Gasteiger partial charge in [0.1, 0.15) is 0 Å². The van der Waals surface area contributed by atoms with Crippen LogP contribution in [-0.2, 0) is 11.2 Å². The fraction of sp³-hybridized carbons (Fsp3) is 0.533. The van der Waals surface area contributed by atoms with Crippen LogP contribution in [0.2, 0.25) is 0 Å². The largest absolute Gasteiger partial charge is 0.388 e. The number of rotatable bonds is 3. The van der Waals surface area contributed by atoms with Gasteiger partial charge in [0.05, 0.1) is 5.60 Å². The van der Waals surface area contributed by atoms with Crippen molar-refractivity contribution in [3.63, 3.8) is 0 Å². The second-order valence-corrected chi connectivity index (χ2v) is 5.57. The molecule has 0 spiro atoms. The minimum absolute atomic E-state index is 0.138. The van der Waals surface area contributed by atoms with E-state index in [2.05, 4.69) is 10.6 Å². The number of hydrogen-bond donors (Lipinski definition) is 3. The molecule has 0 atom stereocenters. The molecule has 3 N–H and O–H groups in total. The van der Waals surface area contributed by atoms with Gasteiger partial charge in [-0.25, -0.2) is 0 Å². The number of nitrogens with one attached hydrogen (secondary N) is 2. The van der Waals surface area contributed by atoms with Crippen molar-refractivity contribution in [2.45, 2.75) is 24.9 Å². The smallest absolute Gasteiger partial charge is 0.251 e. The summed E-state index contributed by atoms with van der Waals surface area (Å²) in [6.07, 6.45) is 2.15. The lowest BCUT2D eigenvalue weighted by Gasteiger charge is -2.32. The average Bonchev–Trinajstić information content (AvgIpc) is 2.93. The minimum Gasteiger partial charge on any atom is -0.388 e. The molecule has 3 rings (SSSR count). The third kappa shape index (κ3) is 2.78. The molecule has 0 radical (unpaired) electrons. The number of anilines is 1. The molecule has 1 amide bonds. The van der Waals surface area contributed by atoms with Crippen LogP contribution in [0, 0.1) is 0 Å². The van der Waals surface area contributed by atoms with Crippen LogP contribution >= 0.6 is 0 Å². The molecular weight excluding hydrogens is 256 g/mol. The summed E-state index contributed by atoms with van der Waals surface area (Å²) in [5, 5.41) is 16.4. The first kappa shape index (κ1) is 13.4. The van der Waals surface area contributed by atoms with E-state index < -0.39 is 5.60 Å². The molecule has 1 aromatic rings. The van der Waals surface area contributed by atoms with Crippen LogP contribution in [0.25, 0.3) is 0 Å².